The van der Waals surface area contributed by atoms with E-state index in [1.807, 2.05) is 25.1 Å². The van der Waals surface area contributed by atoms with Gasteiger partial charge in [-0.3, -0.25) is 4.79 Å². The number of benzene rings is 1. The quantitative estimate of drug-likeness (QED) is 0.923. The second kappa shape index (κ2) is 6.48. The van der Waals surface area contributed by atoms with Gasteiger partial charge in [0.25, 0.3) is 0 Å². The predicted molar refractivity (Wildman–Crippen MR) is 89.0 cm³/mol. The first-order chi connectivity index (χ1) is 10.7. The van der Waals surface area contributed by atoms with Crippen LogP contribution in [0.1, 0.15) is 32.0 Å². The molecule has 1 aromatic carbocycles. The van der Waals surface area contributed by atoms with E-state index in [4.69, 9.17) is 4.98 Å². The molecule has 0 unspecified atom stereocenters. The molecule has 2 aromatic rings. The number of anilines is 1. The van der Waals surface area contributed by atoms with Crippen LogP contribution < -0.4 is 5.32 Å². The smallest absolute Gasteiger partial charge is 0.224 e. The molecular formula is C17H24N4O. The summed E-state index contributed by atoms with van der Waals surface area (Å²) in [4.78, 5) is 18.8. The summed E-state index contributed by atoms with van der Waals surface area (Å²) in [7, 11) is 2.07. The minimum atomic E-state index is 0.0320. The van der Waals surface area contributed by atoms with Gasteiger partial charge in [0.2, 0.25) is 5.91 Å². The molecule has 1 N–H and O–H groups in total. The summed E-state index contributed by atoms with van der Waals surface area (Å²) >= 11 is 0. The normalized spacial score (nSPS) is 15.5. The van der Waals surface area contributed by atoms with E-state index in [1.54, 1.807) is 0 Å². The minimum absolute atomic E-state index is 0.0320. The molecule has 0 spiro atoms. The van der Waals surface area contributed by atoms with Crippen molar-refractivity contribution in [2.45, 2.75) is 32.6 Å². The molecule has 0 atom stereocenters. The monoisotopic (exact) mass is 300 g/mol. The van der Waals surface area contributed by atoms with E-state index in [2.05, 4.69) is 21.8 Å². The highest BCUT2D eigenvalue weighted by atomic mass is 16.1. The Labute approximate surface area is 131 Å². The van der Waals surface area contributed by atoms with Crippen molar-refractivity contribution in [3.8, 4) is 0 Å². The molecule has 1 saturated heterocycles. The summed E-state index contributed by atoms with van der Waals surface area (Å²) in [5.41, 5.74) is 2.89. The van der Waals surface area contributed by atoms with Crippen LogP contribution in [0.2, 0.25) is 0 Å². The Morgan fingerprint density at radius 3 is 2.82 bits per heavy atom. The molecule has 0 bridgehead atoms. The van der Waals surface area contributed by atoms with Gasteiger partial charge >= 0.3 is 0 Å². The van der Waals surface area contributed by atoms with Crippen molar-refractivity contribution in [1.82, 2.24) is 14.5 Å². The lowest BCUT2D eigenvalue weighted by Crippen LogP contribution is -2.22. The largest absolute Gasteiger partial charge is 0.331 e. The van der Waals surface area contributed by atoms with Crippen molar-refractivity contribution in [1.29, 1.82) is 0 Å². The van der Waals surface area contributed by atoms with Crippen molar-refractivity contribution >= 4 is 22.6 Å². The van der Waals surface area contributed by atoms with Gasteiger partial charge in [0, 0.05) is 32.1 Å². The van der Waals surface area contributed by atoms with E-state index in [-0.39, 0.29) is 5.91 Å². The molecule has 22 heavy (non-hydrogen) atoms. The molecule has 2 heterocycles. The predicted octanol–water partition coefficient (Wildman–Crippen LogP) is 2.56. The molecule has 0 aliphatic carbocycles. The van der Waals surface area contributed by atoms with Gasteiger partial charge in [0.05, 0.1) is 11.0 Å². The molecule has 0 radical (unpaired) electrons. The van der Waals surface area contributed by atoms with Gasteiger partial charge in [-0.2, -0.15) is 0 Å². The molecule has 1 aromatic heterocycles. The maximum atomic E-state index is 11.5. The molecule has 1 aliphatic rings. The van der Waals surface area contributed by atoms with Crippen molar-refractivity contribution in [3.05, 3.63) is 24.0 Å². The Hall–Kier alpha value is -1.88. The first-order valence-corrected chi connectivity index (χ1v) is 8.15. The number of rotatable bonds is 5. The first kappa shape index (κ1) is 15.0. The Morgan fingerprint density at radius 2 is 2.09 bits per heavy atom. The zero-order valence-corrected chi connectivity index (χ0v) is 13.4. The van der Waals surface area contributed by atoms with Crippen LogP contribution >= 0.6 is 0 Å². The lowest BCUT2D eigenvalue weighted by molar-refractivity contribution is -0.115. The van der Waals surface area contributed by atoms with Gasteiger partial charge in [0.15, 0.2) is 0 Å². The van der Waals surface area contributed by atoms with Crippen LogP contribution in [-0.2, 0) is 18.3 Å². The summed E-state index contributed by atoms with van der Waals surface area (Å²) in [6, 6.07) is 5.94. The molecule has 3 rings (SSSR count). The van der Waals surface area contributed by atoms with Gasteiger partial charge in [-0.1, -0.05) is 6.92 Å². The summed E-state index contributed by atoms with van der Waals surface area (Å²) in [5.74, 6) is 1.14. The van der Waals surface area contributed by atoms with Gasteiger partial charge < -0.3 is 14.8 Å². The van der Waals surface area contributed by atoms with Crippen LogP contribution in [0.3, 0.4) is 0 Å². The van der Waals surface area contributed by atoms with Crippen LogP contribution in [-0.4, -0.2) is 40.0 Å². The van der Waals surface area contributed by atoms with Crippen molar-refractivity contribution in [3.63, 3.8) is 0 Å². The number of amides is 1. The van der Waals surface area contributed by atoms with Crippen LogP contribution in [0.15, 0.2) is 18.2 Å². The first-order valence-electron chi connectivity index (χ1n) is 8.15. The number of hydrogen-bond acceptors (Lipinski definition) is 3. The number of likely N-dealkylation sites (tertiary alicyclic amines) is 1. The van der Waals surface area contributed by atoms with E-state index in [0.29, 0.717) is 6.42 Å². The Balaban J connectivity index is 1.76. The third-order valence-electron chi connectivity index (χ3n) is 4.43. The van der Waals surface area contributed by atoms with Gasteiger partial charge in [0.1, 0.15) is 5.82 Å². The highest BCUT2D eigenvalue weighted by Crippen LogP contribution is 2.20. The second-order valence-electron chi connectivity index (χ2n) is 5.99. The van der Waals surface area contributed by atoms with Crippen molar-refractivity contribution < 1.29 is 4.79 Å². The Kier molecular flexibility index (Phi) is 4.43. The number of nitrogens with zero attached hydrogens (tertiary/aromatic N) is 3. The van der Waals surface area contributed by atoms with E-state index in [1.165, 1.54) is 25.9 Å². The Bertz CT molecular complexity index is 671. The molecule has 0 saturated carbocycles. The lowest BCUT2D eigenvalue weighted by Gasteiger charge is -2.13. The van der Waals surface area contributed by atoms with Crippen LogP contribution in [0.5, 0.6) is 0 Å². The fraction of sp³-hybridized carbons (Fsp3) is 0.529. The number of fused-ring (bicyclic) bond motifs is 1. The van der Waals surface area contributed by atoms with Crippen LogP contribution in [0.25, 0.3) is 11.0 Å². The molecule has 5 nitrogen and oxygen atoms in total. The summed E-state index contributed by atoms with van der Waals surface area (Å²) in [6.45, 7) is 5.37. The summed E-state index contributed by atoms with van der Waals surface area (Å²) < 4.78 is 2.16. The van der Waals surface area contributed by atoms with Gasteiger partial charge in [-0.25, -0.2) is 4.98 Å². The highest BCUT2D eigenvalue weighted by molar-refractivity contribution is 5.92. The number of nitrogens with one attached hydrogen (secondary N) is 1. The number of carbonyl (C=O) groups is 1. The van der Waals surface area contributed by atoms with E-state index >= 15 is 0 Å². The number of imidazole rings is 1. The van der Waals surface area contributed by atoms with E-state index < -0.39 is 0 Å². The fourth-order valence-corrected chi connectivity index (χ4v) is 3.06. The molecule has 5 heteroatoms. The SMILES string of the molecule is CCC(=O)Nc1ccc2c(c1)nc(CCN1CCCC1)n2C. The molecule has 1 fully saturated rings. The fourth-order valence-electron chi connectivity index (χ4n) is 3.06. The average Bonchev–Trinajstić information content (AvgIpc) is 3.13. The van der Waals surface area contributed by atoms with Crippen LogP contribution in [0, 0.1) is 0 Å². The number of aryl methyl sites for hydroxylation is 1. The third kappa shape index (κ3) is 3.14. The molecular weight excluding hydrogens is 276 g/mol. The average molecular weight is 300 g/mol. The minimum Gasteiger partial charge on any atom is -0.331 e. The van der Waals surface area contributed by atoms with Gasteiger partial charge in [-0.05, 0) is 44.1 Å². The highest BCUT2D eigenvalue weighted by Gasteiger charge is 2.14. The molecule has 1 aliphatic heterocycles. The lowest BCUT2D eigenvalue weighted by atomic mass is 10.2. The molecule has 1 amide bonds. The van der Waals surface area contributed by atoms with Gasteiger partial charge in [-0.15, -0.1) is 0 Å². The van der Waals surface area contributed by atoms with E-state index in [9.17, 15) is 4.79 Å². The summed E-state index contributed by atoms with van der Waals surface area (Å²) in [6.07, 6.45) is 4.11. The maximum absolute atomic E-state index is 11.5. The van der Waals surface area contributed by atoms with Crippen LogP contribution in [0.4, 0.5) is 5.69 Å². The topological polar surface area (TPSA) is 50.2 Å². The maximum Gasteiger partial charge on any atom is 0.224 e. The summed E-state index contributed by atoms with van der Waals surface area (Å²) in [5, 5.41) is 2.89. The third-order valence-corrected chi connectivity index (χ3v) is 4.43. The van der Waals surface area contributed by atoms with E-state index in [0.717, 1.165) is 35.5 Å². The second-order valence-corrected chi connectivity index (χ2v) is 5.99. The van der Waals surface area contributed by atoms with Crippen molar-refractivity contribution in [2.75, 3.05) is 25.0 Å². The number of hydrogen-bond donors (Lipinski definition) is 1. The van der Waals surface area contributed by atoms with Crippen molar-refractivity contribution in [2.24, 2.45) is 7.05 Å². The number of carbonyl (C=O) groups excluding carboxylic acids is 1. The standard InChI is InChI=1S/C17H24N4O/c1-3-17(22)18-13-6-7-15-14(12-13)19-16(20(15)2)8-11-21-9-4-5-10-21/h6-7,12H,3-5,8-11H2,1-2H3,(H,18,22). The zero-order valence-electron chi connectivity index (χ0n) is 13.4. The number of aromatic nitrogens is 2. The molecule has 118 valence electrons. The zero-order chi connectivity index (χ0) is 15.5. The Morgan fingerprint density at radius 1 is 1.32 bits per heavy atom.